The van der Waals surface area contributed by atoms with Gasteiger partial charge in [0.25, 0.3) is 0 Å². The van der Waals surface area contributed by atoms with E-state index in [0.717, 1.165) is 0 Å². The lowest BCUT2D eigenvalue weighted by molar-refractivity contribution is 0.0988. The number of benzene rings is 1. The number of phenols is 1. The maximum absolute atomic E-state index is 13.7. The molecule has 0 heterocycles. The van der Waals surface area contributed by atoms with Gasteiger partial charge >= 0.3 is 0 Å². The normalized spacial score (nSPS) is 10.2. The lowest BCUT2D eigenvalue weighted by Gasteiger charge is -2.10. The number of halogens is 2. The predicted octanol–water partition coefficient (Wildman–Crippen LogP) is 1.70. The van der Waals surface area contributed by atoms with Crippen LogP contribution in [0.3, 0.4) is 0 Å². The van der Waals surface area contributed by atoms with Crippen LogP contribution in [0, 0.1) is 5.82 Å². The molecular formula is C10H11BrFNO3. The molecular weight excluding hydrogens is 281 g/mol. The van der Waals surface area contributed by atoms with Gasteiger partial charge < -0.3 is 15.2 Å². The zero-order chi connectivity index (χ0) is 12.3. The van der Waals surface area contributed by atoms with Crippen molar-refractivity contribution in [3.63, 3.8) is 0 Å². The lowest BCUT2D eigenvalue weighted by Crippen LogP contribution is -2.20. The van der Waals surface area contributed by atoms with Crippen molar-refractivity contribution >= 4 is 21.7 Å². The van der Waals surface area contributed by atoms with Crippen molar-refractivity contribution in [1.82, 2.24) is 5.32 Å². The number of Topliss-reactive ketones (excluding diaryl/α,β-unsaturated/α-hetero) is 1. The molecule has 1 rings (SSSR count). The minimum absolute atomic E-state index is 0.0126. The third-order valence-electron chi connectivity index (χ3n) is 1.99. The van der Waals surface area contributed by atoms with Crippen LogP contribution in [0.5, 0.6) is 11.5 Å². The van der Waals surface area contributed by atoms with Crippen LogP contribution in [0.4, 0.5) is 4.39 Å². The molecule has 0 fully saturated rings. The van der Waals surface area contributed by atoms with Gasteiger partial charge in [0.1, 0.15) is 0 Å². The molecule has 0 saturated heterocycles. The fourth-order valence-corrected chi connectivity index (χ4v) is 1.85. The van der Waals surface area contributed by atoms with Crippen LogP contribution in [0.25, 0.3) is 0 Å². The third-order valence-corrected chi connectivity index (χ3v) is 2.62. The monoisotopic (exact) mass is 291 g/mol. The SMILES string of the molecule is CNCC(=O)c1c(Br)cc(OC)c(O)c1F. The number of aromatic hydroxyl groups is 1. The molecule has 1 aromatic carbocycles. The molecule has 2 N–H and O–H groups in total. The van der Waals surface area contributed by atoms with Gasteiger partial charge in [-0.3, -0.25) is 4.79 Å². The Morgan fingerprint density at radius 1 is 1.69 bits per heavy atom. The minimum atomic E-state index is -0.980. The second-order valence-electron chi connectivity index (χ2n) is 3.05. The fourth-order valence-electron chi connectivity index (χ4n) is 1.25. The number of carbonyl (C=O) groups is 1. The second-order valence-corrected chi connectivity index (χ2v) is 3.91. The molecule has 6 heteroatoms. The summed E-state index contributed by atoms with van der Waals surface area (Å²) in [6.45, 7) is -0.0126. The zero-order valence-corrected chi connectivity index (χ0v) is 10.4. The summed E-state index contributed by atoms with van der Waals surface area (Å²) in [4.78, 5) is 11.6. The van der Waals surface area contributed by atoms with Gasteiger partial charge in [-0.25, -0.2) is 4.39 Å². The second kappa shape index (κ2) is 5.27. The van der Waals surface area contributed by atoms with Crippen molar-refractivity contribution in [3.8, 4) is 11.5 Å². The van der Waals surface area contributed by atoms with E-state index in [1.54, 1.807) is 7.05 Å². The van der Waals surface area contributed by atoms with Crippen LogP contribution >= 0.6 is 15.9 Å². The number of nitrogens with one attached hydrogen (secondary N) is 1. The molecule has 0 aliphatic rings. The molecule has 0 saturated carbocycles. The summed E-state index contributed by atoms with van der Waals surface area (Å²) >= 11 is 3.06. The molecule has 0 aliphatic heterocycles. The summed E-state index contributed by atoms with van der Waals surface area (Å²) < 4.78 is 18.7. The quantitative estimate of drug-likeness (QED) is 0.829. The van der Waals surface area contributed by atoms with Crippen LogP contribution in [-0.4, -0.2) is 31.6 Å². The predicted molar refractivity (Wildman–Crippen MR) is 60.6 cm³/mol. The Labute approximate surface area is 101 Å². The summed E-state index contributed by atoms with van der Waals surface area (Å²) in [5.74, 6) is -2.12. The molecule has 0 aromatic heterocycles. The number of ether oxygens (including phenoxy) is 1. The van der Waals surface area contributed by atoms with E-state index in [4.69, 9.17) is 4.74 Å². The van der Waals surface area contributed by atoms with E-state index in [0.29, 0.717) is 0 Å². The number of rotatable bonds is 4. The van der Waals surface area contributed by atoms with E-state index < -0.39 is 17.3 Å². The Morgan fingerprint density at radius 3 is 2.81 bits per heavy atom. The molecule has 1 aromatic rings. The minimum Gasteiger partial charge on any atom is -0.502 e. The van der Waals surface area contributed by atoms with Crippen molar-refractivity contribution in [3.05, 3.63) is 21.9 Å². The van der Waals surface area contributed by atoms with Gasteiger partial charge in [0.2, 0.25) is 0 Å². The summed E-state index contributed by atoms with van der Waals surface area (Å²) in [6, 6.07) is 1.35. The largest absolute Gasteiger partial charge is 0.502 e. The number of carbonyl (C=O) groups excluding carboxylic acids is 1. The van der Waals surface area contributed by atoms with E-state index in [1.807, 2.05) is 0 Å². The Bertz CT molecular complexity index is 423. The molecule has 0 aliphatic carbocycles. The number of hydrogen-bond donors (Lipinski definition) is 2. The Balaban J connectivity index is 3.30. The number of phenolic OH excluding ortho intramolecular Hbond substituents is 1. The van der Waals surface area contributed by atoms with Crippen LogP contribution < -0.4 is 10.1 Å². The van der Waals surface area contributed by atoms with Crippen molar-refractivity contribution in [2.75, 3.05) is 20.7 Å². The maximum atomic E-state index is 13.7. The van der Waals surface area contributed by atoms with Crippen molar-refractivity contribution < 1.29 is 19.0 Å². The first-order valence-corrected chi connectivity index (χ1v) is 5.25. The maximum Gasteiger partial charge on any atom is 0.195 e. The van der Waals surface area contributed by atoms with Crippen LogP contribution in [0.1, 0.15) is 10.4 Å². The van der Waals surface area contributed by atoms with Gasteiger partial charge in [0.05, 0.1) is 19.2 Å². The van der Waals surface area contributed by atoms with Gasteiger partial charge in [-0.1, -0.05) is 0 Å². The topological polar surface area (TPSA) is 58.6 Å². The fraction of sp³-hybridized carbons (Fsp3) is 0.300. The van der Waals surface area contributed by atoms with Gasteiger partial charge in [-0.2, -0.15) is 0 Å². The molecule has 0 radical (unpaired) electrons. The Hall–Kier alpha value is -1.14. The highest BCUT2D eigenvalue weighted by atomic mass is 79.9. The average molecular weight is 292 g/mol. The highest BCUT2D eigenvalue weighted by Gasteiger charge is 2.21. The first-order chi connectivity index (χ1) is 7.52. The Kier molecular flexibility index (Phi) is 4.26. The van der Waals surface area contributed by atoms with Gasteiger partial charge in [-0.05, 0) is 29.0 Å². The van der Waals surface area contributed by atoms with Gasteiger partial charge in [0.15, 0.2) is 23.1 Å². The van der Waals surface area contributed by atoms with Gasteiger partial charge in [-0.15, -0.1) is 0 Å². The number of ketones is 1. The van der Waals surface area contributed by atoms with Crippen molar-refractivity contribution in [2.24, 2.45) is 0 Å². The summed E-state index contributed by atoms with van der Waals surface area (Å²) in [7, 11) is 2.88. The lowest BCUT2D eigenvalue weighted by atomic mass is 10.1. The van der Waals surface area contributed by atoms with E-state index in [2.05, 4.69) is 21.2 Å². The molecule has 0 bridgehead atoms. The molecule has 0 amide bonds. The molecule has 88 valence electrons. The molecule has 0 atom stereocenters. The highest BCUT2D eigenvalue weighted by molar-refractivity contribution is 9.10. The van der Waals surface area contributed by atoms with Crippen molar-refractivity contribution in [1.29, 1.82) is 0 Å². The first kappa shape index (κ1) is 12.9. The van der Waals surface area contributed by atoms with Crippen LogP contribution in [0.2, 0.25) is 0 Å². The Morgan fingerprint density at radius 2 is 2.31 bits per heavy atom. The van der Waals surface area contributed by atoms with Crippen LogP contribution in [0.15, 0.2) is 10.5 Å². The smallest absolute Gasteiger partial charge is 0.195 e. The average Bonchev–Trinajstić information content (AvgIpc) is 2.24. The highest BCUT2D eigenvalue weighted by Crippen LogP contribution is 2.36. The van der Waals surface area contributed by atoms with Gasteiger partial charge in [0, 0.05) is 4.47 Å². The summed E-state index contributed by atoms with van der Waals surface area (Å²) in [5.41, 5.74) is -0.187. The summed E-state index contributed by atoms with van der Waals surface area (Å²) in [5, 5.41) is 12.0. The van der Waals surface area contributed by atoms with Crippen molar-refractivity contribution in [2.45, 2.75) is 0 Å². The zero-order valence-electron chi connectivity index (χ0n) is 8.80. The van der Waals surface area contributed by atoms with E-state index in [1.165, 1.54) is 13.2 Å². The standard InChI is InChI=1S/C10H11BrFNO3/c1-13-4-6(14)8-5(11)3-7(16-2)10(15)9(8)12/h3,13,15H,4H2,1-2H3. The van der Waals surface area contributed by atoms with E-state index in [-0.39, 0.29) is 22.3 Å². The number of likely N-dealkylation sites (N-methyl/N-ethyl adjacent to an activating group) is 1. The molecule has 16 heavy (non-hydrogen) atoms. The first-order valence-electron chi connectivity index (χ1n) is 4.45. The third kappa shape index (κ3) is 2.33. The molecule has 4 nitrogen and oxygen atoms in total. The summed E-state index contributed by atoms with van der Waals surface area (Å²) in [6.07, 6.45) is 0. The van der Waals surface area contributed by atoms with E-state index in [9.17, 15) is 14.3 Å². The molecule has 0 unspecified atom stereocenters. The molecule has 0 spiro atoms. The van der Waals surface area contributed by atoms with Crippen LogP contribution in [-0.2, 0) is 0 Å². The number of hydrogen-bond acceptors (Lipinski definition) is 4. The van der Waals surface area contributed by atoms with E-state index >= 15 is 0 Å². The number of methoxy groups -OCH3 is 1.